The molecule has 0 aliphatic rings. The Bertz CT molecular complexity index is 860. The molecule has 124 valence electrons. The standard InChI is InChI=1S/C17H14Cl2N2OS2/c1-10-20-17(14-3-2-8-23-14)15(24-10)6-7-16(22)21-13-5-4-11(18)9-12(13)19/h2-5,8-9H,6-7H2,1H3,(H,21,22). The van der Waals surface area contributed by atoms with Crippen LogP contribution in [-0.2, 0) is 11.2 Å². The lowest BCUT2D eigenvalue weighted by atomic mass is 10.2. The second-order valence-electron chi connectivity index (χ2n) is 5.15. The Hall–Kier alpha value is -1.40. The third kappa shape index (κ3) is 4.16. The monoisotopic (exact) mass is 396 g/mol. The van der Waals surface area contributed by atoms with Crippen LogP contribution in [0.15, 0.2) is 35.7 Å². The molecule has 0 aliphatic carbocycles. The molecule has 0 saturated heterocycles. The molecule has 0 aliphatic heterocycles. The van der Waals surface area contributed by atoms with Crippen molar-refractivity contribution in [3.63, 3.8) is 0 Å². The van der Waals surface area contributed by atoms with Crippen LogP contribution in [0.5, 0.6) is 0 Å². The predicted octanol–water partition coefficient (Wildman–Crippen LogP) is 6.06. The quantitative estimate of drug-likeness (QED) is 0.569. The molecule has 0 radical (unpaired) electrons. The number of amides is 1. The fourth-order valence-electron chi connectivity index (χ4n) is 2.28. The number of rotatable bonds is 5. The first-order chi connectivity index (χ1) is 11.5. The lowest BCUT2D eigenvalue weighted by Gasteiger charge is -2.07. The normalized spacial score (nSPS) is 10.8. The van der Waals surface area contributed by atoms with E-state index in [1.54, 1.807) is 40.9 Å². The number of aromatic nitrogens is 1. The summed E-state index contributed by atoms with van der Waals surface area (Å²) >= 11 is 15.2. The maximum absolute atomic E-state index is 12.2. The molecule has 0 spiro atoms. The molecular formula is C17H14Cl2N2OS2. The van der Waals surface area contributed by atoms with E-state index in [4.69, 9.17) is 23.2 Å². The molecule has 3 rings (SSSR count). The topological polar surface area (TPSA) is 42.0 Å². The molecular weight excluding hydrogens is 383 g/mol. The lowest BCUT2D eigenvalue weighted by molar-refractivity contribution is -0.116. The summed E-state index contributed by atoms with van der Waals surface area (Å²) < 4.78 is 0. The Morgan fingerprint density at radius 3 is 2.83 bits per heavy atom. The molecule has 0 fully saturated rings. The first-order valence-electron chi connectivity index (χ1n) is 7.28. The zero-order valence-electron chi connectivity index (χ0n) is 12.8. The smallest absolute Gasteiger partial charge is 0.224 e. The Balaban J connectivity index is 1.67. The number of halogens is 2. The van der Waals surface area contributed by atoms with Crippen molar-refractivity contribution in [1.82, 2.24) is 4.98 Å². The number of benzene rings is 1. The van der Waals surface area contributed by atoms with E-state index >= 15 is 0 Å². The molecule has 1 amide bonds. The van der Waals surface area contributed by atoms with Gasteiger partial charge in [-0.25, -0.2) is 4.98 Å². The second-order valence-corrected chi connectivity index (χ2v) is 8.23. The minimum absolute atomic E-state index is 0.0811. The maximum atomic E-state index is 12.2. The van der Waals surface area contributed by atoms with Gasteiger partial charge in [0.25, 0.3) is 0 Å². The molecule has 0 bridgehead atoms. The highest BCUT2D eigenvalue weighted by atomic mass is 35.5. The molecule has 2 aromatic heterocycles. The van der Waals surface area contributed by atoms with Gasteiger partial charge in [0, 0.05) is 16.3 Å². The van der Waals surface area contributed by atoms with Gasteiger partial charge in [-0.1, -0.05) is 29.3 Å². The summed E-state index contributed by atoms with van der Waals surface area (Å²) in [7, 11) is 0. The van der Waals surface area contributed by atoms with Gasteiger partial charge in [-0.3, -0.25) is 4.79 Å². The fourth-order valence-corrected chi connectivity index (χ4v) is 4.49. The summed E-state index contributed by atoms with van der Waals surface area (Å²) in [5.74, 6) is -0.0811. The Labute approximate surface area is 158 Å². The van der Waals surface area contributed by atoms with Crippen LogP contribution in [0, 0.1) is 6.92 Å². The van der Waals surface area contributed by atoms with Gasteiger partial charge in [-0.05, 0) is 43.0 Å². The number of anilines is 1. The molecule has 0 saturated carbocycles. The van der Waals surface area contributed by atoms with Crippen molar-refractivity contribution in [2.75, 3.05) is 5.32 Å². The van der Waals surface area contributed by atoms with Crippen molar-refractivity contribution in [2.24, 2.45) is 0 Å². The highest BCUT2D eigenvalue weighted by Crippen LogP contribution is 2.32. The Morgan fingerprint density at radius 1 is 1.29 bits per heavy atom. The number of aryl methyl sites for hydroxylation is 2. The van der Waals surface area contributed by atoms with Gasteiger partial charge in [-0.15, -0.1) is 22.7 Å². The van der Waals surface area contributed by atoms with E-state index in [0.29, 0.717) is 28.6 Å². The highest BCUT2D eigenvalue weighted by molar-refractivity contribution is 7.15. The number of hydrogen-bond acceptors (Lipinski definition) is 4. The Kier molecular flexibility index (Phi) is 5.56. The van der Waals surface area contributed by atoms with Gasteiger partial charge in [0.2, 0.25) is 5.91 Å². The number of thiazole rings is 1. The van der Waals surface area contributed by atoms with Crippen molar-refractivity contribution in [3.05, 3.63) is 55.6 Å². The van der Waals surface area contributed by atoms with Crippen LogP contribution in [0.4, 0.5) is 5.69 Å². The SMILES string of the molecule is Cc1nc(-c2cccs2)c(CCC(=O)Nc2ccc(Cl)cc2Cl)s1. The Morgan fingerprint density at radius 2 is 2.12 bits per heavy atom. The van der Waals surface area contributed by atoms with Crippen LogP contribution >= 0.6 is 45.9 Å². The minimum atomic E-state index is -0.0811. The average Bonchev–Trinajstić information content (AvgIpc) is 3.17. The zero-order valence-corrected chi connectivity index (χ0v) is 16.0. The number of hydrogen-bond donors (Lipinski definition) is 1. The summed E-state index contributed by atoms with van der Waals surface area (Å²) in [5.41, 5.74) is 1.56. The van der Waals surface area contributed by atoms with Crippen LogP contribution in [0.25, 0.3) is 10.6 Å². The first-order valence-corrected chi connectivity index (χ1v) is 9.73. The fraction of sp³-hybridized carbons (Fsp3) is 0.176. The maximum Gasteiger partial charge on any atom is 0.224 e. The van der Waals surface area contributed by atoms with Crippen LogP contribution in [0.2, 0.25) is 10.0 Å². The predicted molar refractivity (Wildman–Crippen MR) is 104 cm³/mol. The van der Waals surface area contributed by atoms with Gasteiger partial charge >= 0.3 is 0 Å². The first kappa shape index (κ1) is 17.4. The van der Waals surface area contributed by atoms with E-state index in [1.807, 2.05) is 18.4 Å². The van der Waals surface area contributed by atoms with Crippen molar-refractivity contribution in [1.29, 1.82) is 0 Å². The number of carbonyl (C=O) groups is 1. The van der Waals surface area contributed by atoms with E-state index in [1.165, 1.54) is 0 Å². The molecule has 0 atom stereocenters. The van der Waals surface area contributed by atoms with E-state index in [0.717, 1.165) is 20.5 Å². The van der Waals surface area contributed by atoms with Crippen LogP contribution in [-0.4, -0.2) is 10.9 Å². The number of carbonyl (C=O) groups excluding carboxylic acids is 1. The molecule has 2 heterocycles. The van der Waals surface area contributed by atoms with E-state index in [9.17, 15) is 4.79 Å². The summed E-state index contributed by atoms with van der Waals surface area (Å²) in [6.07, 6.45) is 1.02. The van der Waals surface area contributed by atoms with Crippen LogP contribution in [0.3, 0.4) is 0 Å². The van der Waals surface area contributed by atoms with Crippen molar-refractivity contribution in [2.45, 2.75) is 19.8 Å². The van der Waals surface area contributed by atoms with Gasteiger partial charge in [-0.2, -0.15) is 0 Å². The summed E-state index contributed by atoms with van der Waals surface area (Å²) in [4.78, 5) is 19.1. The van der Waals surface area contributed by atoms with E-state index in [2.05, 4.69) is 16.4 Å². The summed E-state index contributed by atoms with van der Waals surface area (Å²) in [5, 5.41) is 6.84. The number of nitrogens with zero attached hydrogens (tertiary/aromatic N) is 1. The molecule has 3 nitrogen and oxygen atoms in total. The van der Waals surface area contributed by atoms with E-state index < -0.39 is 0 Å². The van der Waals surface area contributed by atoms with Crippen molar-refractivity contribution < 1.29 is 4.79 Å². The molecule has 24 heavy (non-hydrogen) atoms. The van der Waals surface area contributed by atoms with Gasteiger partial charge < -0.3 is 5.32 Å². The van der Waals surface area contributed by atoms with Crippen molar-refractivity contribution >= 4 is 57.5 Å². The van der Waals surface area contributed by atoms with Crippen LogP contribution in [0.1, 0.15) is 16.3 Å². The highest BCUT2D eigenvalue weighted by Gasteiger charge is 2.14. The molecule has 7 heteroatoms. The lowest BCUT2D eigenvalue weighted by Crippen LogP contribution is -2.12. The van der Waals surface area contributed by atoms with Gasteiger partial charge in [0.1, 0.15) is 0 Å². The molecule has 1 N–H and O–H groups in total. The van der Waals surface area contributed by atoms with E-state index in [-0.39, 0.29) is 5.91 Å². The zero-order chi connectivity index (χ0) is 17.1. The largest absolute Gasteiger partial charge is 0.325 e. The van der Waals surface area contributed by atoms with Crippen LogP contribution < -0.4 is 5.32 Å². The third-order valence-corrected chi connectivity index (χ3v) is 5.80. The second kappa shape index (κ2) is 7.66. The molecule has 3 aromatic rings. The van der Waals surface area contributed by atoms with Crippen molar-refractivity contribution in [3.8, 4) is 10.6 Å². The van der Waals surface area contributed by atoms with Gasteiger partial charge in [0.15, 0.2) is 0 Å². The summed E-state index contributed by atoms with van der Waals surface area (Å²) in [6, 6.07) is 9.07. The molecule has 0 unspecified atom stereocenters. The molecule has 1 aromatic carbocycles. The van der Waals surface area contributed by atoms with Gasteiger partial charge in [0.05, 0.1) is 26.3 Å². The average molecular weight is 397 g/mol. The number of thiophene rings is 1. The third-order valence-electron chi connectivity index (χ3n) is 3.34. The minimum Gasteiger partial charge on any atom is -0.325 e. The number of nitrogens with one attached hydrogen (secondary N) is 1. The summed E-state index contributed by atoms with van der Waals surface area (Å²) in [6.45, 7) is 1.98.